The lowest BCUT2D eigenvalue weighted by atomic mass is 9.86. The molecular formula is C14H18F2O2. The number of hydrogen-bond acceptors (Lipinski definition) is 2. The molecule has 4 heteroatoms. The molecule has 1 aliphatic heterocycles. The van der Waals surface area contributed by atoms with Gasteiger partial charge in [-0.25, -0.2) is 8.78 Å². The van der Waals surface area contributed by atoms with Crippen LogP contribution in [-0.4, -0.2) is 23.4 Å². The van der Waals surface area contributed by atoms with Crippen LogP contribution in [0.5, 0.6) is 0 Å². The molecule has 0 bridgehead atoms. The monoisotopic (exact) mass is 256 g/mol. The van der Waals surface area contributed by atoms with Gasteiger partial charge in [0, 0.05) is 18.6 Å². The van der Waals surface area contributed by atoms with Crippen LogP contribution < -0.4 is 0 Å². The third-order valence-corrected chi connectivity index (χ3v) is 3.66. The van der Waals surface area contributed by atoms with Crippen molar-refractivity contribution in [2.45, 2.75) is 44.3 Å². The first-order chi connectivity index (χ1) is 8.53. The van der Waals surface area contributed by atoms with E-state index in [0.29, 0.717) is 13.0 Å². The number of aliphatic hydroxyl groups is 1. The van der Waals surface area contributed by atoms with Crippen LogP contribution in [-0.2, 0) is 11.2 Å². The summed E-state index contributed by atoms with van der Waals surface area (Å²) in [5, 5.41) is 10.2. The second kappa shape index (κ2) is 5.33. The lowest BCUT2D eigenvalue weighted by Gasteiger charge is -2.38. The van der Waals surface area contributed by atoms with Crippen molar-refractivity contribution < 1.29 is 18.6 Å². The van der Waals surface area contributed by atoms with Gasteiger partial charge in [0.15, 0.2) is 0 Å². The minimum Gasteiger partial charge on any atom is -0.390 e. The molecule has 2 atom stereocenters. The van der Waals surface area contributed by atoms with Crippen molar-refractivity contribution in [3.05, 3.63) is 35.4 Å². The Morgan fingerprint density at radius 2 is 2.00 bits per heavy atom. The number of ether oxygens (including phenoxy) is 1. The van der Waals surface area contributed by atoms with E-state index < -0.39 is 23.3 Å². The average molecular weight is 256 g/mol. The molecule has 1 fully saturated rings. The maximum atomic E-state index is 13.5. The van der Waals surface area contributed by atoms with Gasteiger partial charge in [-0.05, 0) is 38.3 Å². The van der Waals surface area contributed by atoms with Crippen molar-refractivity contribution >= 4 is 0 Å². The third kappa shape index (κ3) is 2.70. The number of rotatable bonds is 3. The Kier molecular flexibility index (Phi) is 3.97. The van der Waals surface area contributed by atoms with E-state index in [1.54, 1.807) is 6.92 Å². The maximum absolute atomic E-state index is 13.5. The van der Waals surface area contributed by atoms with Gasteiger partial charge in [0.25, 0.3) is 0 Å². The van der Waals surface area contributed by atoms with Crippen LogP contribution in [0.4, 0.5) is 8.78 Å². The largest absolute Gasteiger partial charge is 0.390 e. The van der Waals surface area contributed by atoms with Crippen LogP contribution in [0.15, 0.2) is 18.2 Å². The smallest absolute Gasteiger partial charge is 0.129 e. The summed E-state index contributed by atoms with van der Waals surface area (Å²) in [6.45, 7) is 2.39. The summed E-state index contributed by atoms with van der Waals surface area (Å²) in [4.78, 5) is 0. The van der Waals surface area contributed by atoms with E-state index in [2.05, 4.69) is 0 Å². The Morgan fingerprint density at radius 1 is 1.33 bits per heavy atom. The molecule has 100 valence electrons. The normalized spacial score (nSPS) is 26.0. The zero-order valence-electron chi connectivity index (χ0n) is 10.5. The molecule has 1 saturated heterocycles. The van der Waals surface area contributed by atoms with E-state index in [1.807, 2.05) is 0 Å². The van der Waals surface area contributed by atoms with E-state index in [0.717, 1.165) is 12.8 Å². The summed E-state index contributed by atoms with van der Waals surface area (Å²) in [6.07, 6.45) is 1.69. The standard InChI is InChI=1S/C14H18F2O2/c1-14(7-2-3-8-18-14)13(17)9-10-11(15)5-4-6-12(10)16/h4-6,13,17H,2-3,7-9H2,1H3. The molecule has 2 nitrogen and oxygen atoms in total. The van der Waals surface area contributed by atoms with Crippen molar-refractivity contribution in [2.75, 3.05) is 6.61 Å². The molecule has 0 spiro atoms. The Morgan fingerprint density at radius 3 is 2.56 bits per heavy atom. The zero-order valence-corrected chi connectivity index (χ0v) is 10.5. The molecule has 0 amide bonds. The zero-order chi connectivity index (χ0) is 13.2. The number of aliphatic hydroxyl groups excluding tert-OH is 1. The number of hydrogen-bond donors (Lipinski definition) is 1. The summed E-state index contributed by atoms with van der Waals surface area (Å²) < 4.78 is 32.6. The van der Waals surface area contributed by atoms with Crippen LogP contribution in [0.25, 0.3) is 0 Å². The van der Waals surface area contributed by atoms with E-state index in [9.17, 15) is 13.9 Å². The molecule has 1 aromatic rings. The lowest BCUT2D eigenvalue weighted by Crippen LogP contribution is -2.45. The molecule has 1 heterocycles. The molecule has 2 rings (SSSR count). The highest BCUT2D eigenvalue weighted by Crippen LogP contribution is 2.30. The van der Waals surface area contributed by atoms with Gasteiger partial charge in [-0.3, -0.25) is 0 Å². The summed E-state index contributed by atoms with van der Waals surface area (Å²) in [7, 11) is 0. The van der Waals surface area contributed by atoms with Crippen molar-refractivity contribution in [3.63, 3.8) is 0 Å². The van der Waals surface area contributed by atoms with Crippen LogP contribution in [0.1, 0.15) is 31.7 Å². The summed E-state index contributed by atoms with van der Waals surface area (Å²) in [5.41, 5.74) is -0.770. The molecule has 18 heavy (non-hydrogen) atoms. The fourth-order valence-electron chi connectivity index (χ4n) is 2.35. The lowest BCUT2D eigenvalue weighted by molar-refractivity contribution is -0.135. The van der Waals surface area contributed by atoms with Crippen molar-refractivity contribution in [1.29, 1.82) is 0 Å². The summed E-state index contributed by atoms with van der Waals surface area (Å²) >= 11 is 0. The average Bonchev–Trinajstić information content (AvgIpc) is 2.34. The minimum atomic E-state index is -0.899. The summed E-state index contributed by atoms with van der Waals surface area (Å²) in [5.74, 6) is -1.23. The van der Waals surface area contributed by atoms with Crippen molar-refractivity contribution in [2.24, 2.45) is 0 Å². The Labute approximate surface area is 106 Å². The van der Waals surface area contributed by atoms with Gasteiger partial charge in [-0.2, -0.15) is 0 Å². The van der Waals surface area contributed by atoms with Gasteiger partial charge in [-0.15, -0.1) is 0 Å². The van der Waals surface area contributed by atoms with Gasteiger partial charge in [-0.1, -0.05) is 6.07 Å². The third-order valence-electron chi connectivity index (χ3n) is 3.66. The second-order valence-electron chi connectivity index (χ2n) is 5.04. The fourth-order valence-corrected chi connectivity index (χ4v) is 2.35. The fraction of sp³-hybridized carbons (Fsp3) is 0.571. The highest BCUT2D eigenvalue weighted by Gasteiger charge is 2.36. The van der Waals surface area contributed by atoms with E-state index in [1.165, 1.54) is 18.2 Å². The van der Waals surface area contributed by atoms with Crippen LogP contribution in [0.2, 0.25) is 0 Å². The van der Waals surface area contributed by atoms with Crippen molar-refractivity contribution in [3.8, 4) is 0 Å². The molecular weight excluding hydrogens is 238 g/mol. The van der Waals surface area contributed by atoms with Gasteiger partial charge >= 0.3 is 0 Å². The number of halogens is 2. The van der Waals surface area contributed by atoms with Crippen LogP contribution >= 0.6 is 0 Å². The molecule has 2 unspecified atom stereocenters. The molecule has 1 aromatic carbocycles. The van der Waals surface area contributed by atoms with E-state index >= 15 is 0 Å². The maximum Gasteiger partial charge on any atom is 0.129 e. The topological polar surface area (TPSA) is 29.5 Å². The van der Waals surface area contributed by atoms with E-state index in [-0.39, 0.29) is 12.0 Å². The molecule has 0 saturated carbocycles. The first-order valence-corrected chi connectivity index (χ1v) is 6.28. The van der Waals surface area contributed by atoms with E-state index in [4.69, 9.17) is 4.74 Å². The van der Waals surface area contributed by atoms with Crippen LogP contribution in [0.3, 0.4) is 0 Å². The Hall–Kier alpha value is -1.00. The van der Waals surface area contributed by atoms with Gasteiger partial charge in [0.1, 0.15) is 11.6 Å². The second-order valence-corrected chi connectivity index (χ2v) is 5.04. The molecule has 0 aliphatic carbocycles. The number of benzene rings is 1. The van der Waals surface area contributed by atoms with Gasteiger partial charge in [0.2, 0.25) is 0 Å². The predicted octanol–water partition coefficient (Wildman–Crippen LogP) is 2.83. The molecule has 1 aliphatic rings. The molecule has 0 aromatic heterocycles. The highest BCUT2D eigenvalue weighted by molar-refractivity contribution is 5.21. The SMILES string of the molecule is CC1(C(O)Cc2c(F)cccc2F)CCCCO1. The minimum absolute atomic E-state index is 0.0605. The highest BCUT2D eigenvalue weighted by atomic mass is 19.1. The summed E-state index contributed by atoms with van der Waals surface area (Å²) in [6, 6.07) is 3.73. The Balaban J connectivity index is 2.13. The Bertz CT molecular complexity index is 394. The van der Waals surface area contributed by atoms with Crippen molar-refractivity contribution in [1.82, 2.24) is 0 Å². The van der Waals surface area contributed by atoms with Crippen LogP contribution in [0, 0.1) is 11.6 Å². The quantitative estimate of drug-likeness (QED) is 0.901. The van der Waals surface area contributed by atoms with Gasteiger partial charge < -0.3 is 9.84 Å². The first-order valence-electron chi connectivity index (χ1n) is 6.28. The molecule has 1 N–H and O–H groups in total. The van der Waals surface area contributed by atoms with Gasteiger partial charge in [0.05, 0.1) is 11.7 Å². The predicted molar refractivity (Wildman–Crippen MR) is 64.3 cm³/mol. The molecule has 0 radical (unpaired) electrons. The first kappa shape index (κ1) is 13.4.